The van der Waals surface area contributed by atoms with Gasteiger partial charge >= 0.3 is 0 Å². The minimum absolute atomic E-state index is 0.179. The summed E-state index contributed by atoms with van der Waals surface area (Å²) in [5.74, 6) is 0.393. The molecular formula is C18H13NO2S. The van der Waals surface area contributed by atoms with Gasteiger partial charge in [0.2, 0.25) is 0 Å². The zero-order chi connectivity index (χ0) is 15.7. The van der Waals surface area contributed by atoms with E-state index in [2.05, 4.69) is 6.07 Å². The van der Waals surface area contributed by atoms with Gasteiger partial charge in [0.25, 0.3) is 0 Å². The van der Waals surface area contributed by atoms with E-state index in [0.29, 0.717) is 4.88 Å². The van der Waals surface area contributed by atoms with E-state index in [1.165, 1.54) is 11.3 Å². The Morgan fingerprint density at radius 1 is 0.955 bits per heavy atom. The van der Waals surface area contributed by atoms with Crippen LogP contribution in [-0.2, 0) is 0 Å². The summed E-state index contributed by atoms with van der Waals surface area (Å²) in [5, 5.41) is 28.5. The molecule has 2 N–H and O–H groups in total. The Morgan fingerprint density at radius 3 is 2.32 bits per heavy atom. The van der Waals surface area contributed by atoms with Crippen molar-refractivity contribution in [1.82, 2.24) is 0 Å². The van der Waals surface area contributed by atoms with Crippen molar-refractivity contribution < 1.29 is 10.2 Å². The van der Waals surface area contributed by atoms with Crippen molar-refractivity contribution in [2.24, 2.45) is 0 Å². The van der Waals surface area contributed by atoms with Crippen molar-refractivity contribution in [2.45, 2.75) is 6.92 Å². The van der Waals surface area contributed by atoms with Crippen LogP contribution in [0.2, 0.25) is 0 Å². The third-order valence-electron chi connectivity index (χ3n) is 3.51. The second-order valence-electron chi connectivity index (χ2n) is 4.97. The lowest BCUT2D eigenvalue weighted by Gasteiger charge is -2.04. The van der Waals surface area contributed by atoms with E-state index in [4.69, 9.17) is 0 Å². The largest absolute Gasteiger partial charge is 0.508 e. The summed E-state index contributed by atoms with van der Waals surface area (Å²) < 4.78 is 0. The van der Waals surface area contributed by atoms with Crippen molar-refractivity contribution in [3.05, 3.63) is 59.0 Å². The molecule has 4 heteroatoms. The average Bonchev–Trinajstić information content (AvgIpc) is 2.85. The number of nitrogens with zero attached hydrogens (tertiary/aromatic N) is 1. The lowest BCUT2D eigenvalue weighted by Crippen LogP contribution is -1.82. The Labute approximate surface area is 132 Å². The molecule has 1 heterocycles. The van der Waals surface area contributed by atoms with E-state index in [1.807, 2.05) is 25.1 Å². The predicted octanol–water partition coefficient (Wildman–Crippen LogP) is 4.67. The Balaban J connectivity index is 2.20. The van der Waals surface area contributed by atoms with Crippen LogP contribution in [0.5, 0.6) is 11.5 Å². The Hall–Kier alpha value is -2.77. The van der Waals surface area contributed by atoms with Gasteiger partial charge in [-0.15, -0.1) is 11.3 Å². The van der Waals surface area contributed by atoms with Gasteiger partial charge in [0.1, 0.15) is 22.4 Å². The summed E-state index contributed by atoms with van der Waals surface area (Å²) in [6.45, 7) is 1.97. The van der Waals surface area contributed by atoms with Gasteiger partial charge in [-0.25, -0.2) is 0 Å². The van der Waals surface area contributed by atoms with Gasteiger partial charge in [0.05, 0.1) is 0 Å². The average molecular weight is 307 g/mol. The molecule has 1 aromatic heterocycles. The van der Waals surface area contributed by atoms with Gasteiger partial charge in [-0.3, -0.25) is 0 Å². The van der Waals surface area contributed by atoms with Gasteiger partial charge < -0.3 is 10.2 Å². The second-order valence-corrected chi connectivity index (χ2v) is 5.99. The van der Waals surface area contributed by atoms with Gasteiger partial charge in [0.15, 0.2) is 0 Å². The molecule has 2 aromatic carbocycles. The molecule has 0 aliphatic carbocycles. The monoisotopic (exact) mass is 307 g/mol. The van der Waals surface area contributed by atoms with Crippen LogP contribution in [0.1, 0.15) is 10.4 Å². The fourth-order valence-electron chi connectivity index (χ4n) is 2.49. The van der Waals surface area contributed by atoms with Crippen LogP contribution >= 0.6 is 11.3 Å². The van der Waals surface area contributed by atoms with Crippen molar-refractivity contribution in [2.75, 3.05) is 0 Å². The number of thiophene rings is 1. The summed E-state index contributed by atoms with van der Waals surface area (Å²) in [5.41, 5.74) is 3.64. The Morgan fingerprint density at radius 2 is 1.68 bits per heavy atom. The van der Waals surface area contributed by atoms with Crippen molar-refractivity contribution >= 4 is 11.3 Å². The first-order chi connectivity index (χ1) is 10.6. The summed E-state index contributed by atoms with van der Waals surface area (Å²) in [4.78, 5) is 1.61. The maximum absolute atomic E-state index is 9.68. The molecule has 0 aliphatic heterocycles. The minimum atomic E-state index is 0.179. The molecule has 0 radical (unpaired) electrons. The van der Waals surface area contributed by atoms with Crippen LogP contribution in [0.3, 0.4) is 0 Å². The maximum Gasteiger partial charge on any atom is 0.116 e. The van der Waals surface area contributed by atoms with Gasteiger partial charge in [-0.05, 0) is 60.0 Å². The molecule has 0 atom stereocenters. The third kappa shape index (κ3) is 2.43. The molecule has 0 bridgehead atoms. The number of aromatic hydroxyl groups is 2. The first kappa shape index (κ1) is 14.2. The molecule has 0 aliphatic rings. The first-order valence-corrected chi connectivity index (χ1v) is 7.54. The number of phenols is 2. The highest BCUT2D eigenvalue weighted by atomic mass is 32.1. The van der Waals surface area contributed by atoms with Crippen LogP contribution in [0.15, 0.2) is 48.5 Å². The quantitative estimate of drug-likeness (QED) is 0.723. The number of nitriles is 1. The Kier molecular flexibility index (Phi) is 3.58. The number of benzene rings is 2. The fourth-order valence-corrected chi connectivity index (χ4v) is 3.62. The molecule has 0 fully saturated rings. The van der Waals surface area contributed by atoms with Crippen LogP contribution < -0.4 is 0 Å². The second kappa shape index (κ2) is 5.55. The van der Waals surface area contributed by atoms with Gasteiger partial charge in [-0.2, -0.15) is 5.26 Å². The van der Waals surface area contributed by atoms with E-state index in [9.17, 15) is 15.5 Å². The topological polar surface area (TPSA) is 64.2 Å². The molecule has 3 aromatic rings. The highest BCUT2D eigenvalue weighted by Crippen LogP contribution is 2.42. The van der Waals surface area contributed by atoms with E-state index in [1.54, 1.807) is 30.3 Å². The van der Waals surface area contributed by atoms with Crippen LogP contribution in [0, 0.1) is 18.3 Å². The predicted molar refractivity (Wildman–Crippen MR) is 88.0 cm³/mol. The summed E-state index contributed by atoms with van der Waals surface area (Å²) >= 11 is 1.42. The van der Waals surface area contributed by atoms with Crippen LogP contribution in [0.4, 0.5) is 0 Å². The number of hydrogen-bond donors (Lipinski definition) is 2. The highest BCUT2D eigenvalue weighted by molar-refractivity contribution is 7.16. The zero-order valence-electron chi connectivity index (χ0n) is 11.9. The Bertz CT molecular complexity index is 873. The molecule has 0 spiro atoms. The normalized spacial score (nSPS) is 10.4. The fraction of sp³-hybridized carbons (Fsp3) is 0.0556. The highest BCUT2D eigenvalue weighted by Gasteiger charge is 2.17. The third-order valence-corrected chi connectivity index (χ3v) is 4.76. The number of rotatable bonds is 2. The summed E-state index contributed by atoms with van der Waals surface area (Å²) in [6, 6.07) is 16.1. The summed E-state index contributed by atoms with van der Waals surface area (Å²) in [6.07, 6.45) is 0. The SMILES string of the molecule is Cc1c(-c2ccc(O)cc2)sc(C#N)c1-c1cccc(O)c1. The van der Waals surface area contributed by atoms with Gasteiger partial charge in [0, 0.05) is 10.4 Å². The van der Waals surface area contributed by atoms with Crippen molar-refractivity contribution in [3.8, 4) is 39.1 Å². The maximum atomic E-state index is 9.68. The summed E-state index contributed by atoms with van der Waals surface area (Å²) in [7, 11) is 0. The number of phenolic OH excluding ortho intramolecular Hbond substituents is 2. The molecule has 3 rings (SSSR count). The first-order valence-electron chi connectivity index (χ1n) is 6.72. The van der Waals surface area contributed by atoms with Crippen LogP contribution in [0.25, 0.3) is 21.6 Å². The van der Waals surface area contributed by atoms with Crippen molar-refractivity contribution in [1.29, 1.82) is 5.26 Å². The molecule has 0 unspecified atom stereocenters. The number of hydrogen-bond acceptors (Lipinski definition) is 4. The van der Waals surface area contributed by atoms with E-state index in [0.717, 1.165) is 27.1 Å². The molecule has 0 amide bonds. The van der Waals surface area contributed by atoms with E-state index < -0.39 is 0 Å². The zero-order valence-corrected chi connectivity index (χ0v) is 12.7. The molecule has 22 heavy (non-hydrogen) atoms. The molecular weight excluding hydrogens is 294 g/mol. The smallest absolute Gasteiger partial charge is 0.116 e. The van der Waals surface area contributed by atoms with E-state index in [-0.39, 0.29) is 11.5 Å². The minimum Gasteiger partial charge on any atom is -0.508 e. The van der Waals surface area contributed by atoms with Gasteiger partial charge in [-0.1, -0.05) is 12.1 Å². The standard InChI is InChI=1S/C18H13NO2S/c1-11-17(13-3-2-4-15(21)9-13)16(10-19)22-18(11)12-5-7-14(20)8-6-12/h2-9,20-21H,1H3. The molecule has 0 saturated carbocycles. The lowest BCUT2D eigenvalue weighted by atomic mass is 9.99. The van der Waals surface area contributed by atoms with Crippen molar-refractivity contribution in [3.63, 3.8) is 0 Å². The van der Waals surface area contributed by atoms with Crippen LogP contribution in [-0.4, -0.2) is 10.2 Å². The molecule has 108 valence electrons. The lowest BCUT2D eigenvalue weighted by molar-refractivity contribution is 0.475. The molecule has 3 nitrogen and oxygen atoms in total. The van der Waals surface area contributed by atoms with E-state index >= 15 is 0 Å². The molecule has 0 saturated heterocycles.